The highest BCUT2D eigenvalue weighted by molar-refractivity contribution is 6.05. The molecule has 1 aromatic carbocycles. The van der Waals surface area contributed by atoms with Crippen LogP contribution < -0.4 is 16.0 Å². The van der Waals surface area contributed by atoms with Crippen molar-refractivity contribution in [1.82, 2.24) is 20.4 Å². The fourth-order valence-electron chi connectivity index (χ4n) is 5.85. The van der Waals surface area contributed by atoms with Crippen LogP contribution in [0.25, 0.3) is 0 Å². The van der Waals surface area contributed by atoms with E-state index >= 15 is 0 Å². The zero-order valence-corrected chi connectivity index (χ0v) is 23.5. The standard InChI is InChI=1S/C28H42F3N5O3/c1-6-8-18-15-20(35(5)17(3)4)10-12-24(18)36-14-13-23(26(36)38)33-25(37)21-16-19(28(29,30)31)9-11-22(21)34-27(39)32-7-2/h9,11,16-18,20,23-24H,6-8,10,12-15H2,1-5H3,(H,33,37)(H2,32,34,39)/t18-,20-,23+,24+/m1/s1. The molecule has 3 N–H and O–H groups in total. The summed E-state index contributed by atoms with van der Waals surface area (Å²) in [5, 5.41) is 7.57. The van der Waals surface area contributed by atoms with Gasteiger partial charge in [0.05, 0.1) is 16.8 Å². The second-order valence-corrected chi connectivity index (χ2v) is 10.9. The van der Waals surface area contributed by atoms with Gasteiger partial charge in [0, 0.05) is 31.2 Å². The highest BCUT2D eigenvalue weighted by Crippen LogP contribution is 2.37. The van der Waals surface area contributed by atoms with Crippen molar-refractivity contribution in [2.75, 3.05) is 25.5 Å². The Labute approximate surface area is 229 Å². The van der Waals surface area contributed by atoms with Crippen LogP contribution in [0.15, 0.2) is 18.2 Å². The van der Waals surface area contributed by atoms with Crippen LogP contribution in [0.2, 0.25) is 0 Å². The minimum atomic E-state index is -4.67. The first-order valence-corrected chi connectivity index (χ1v) is 14.0. The Balaban J connectivity index is 1.75. The molecule has 8 nitrogen and oxygen atoms in total. The van der Waals surface area contributed by atoms with E-state index in [1.165, 1.54) is 0 Å². The third-order valence-corrected chi connectivity index (χ3v) is 8.09. The third kappa shape index (κ3) is 7.43. The Hall–Kier alpha value is -2.82. The van der Waals surface area contributed by atoms with Gasteiger partial charge in [-0.05, 0) is 84.0 Å². The van der Waals surface area contributed by atoms with Crippen molar-refractivity contribution in [1.29, 1.82) is 0 Å². The lowest BCUT2D eigenvalue weighted by atomic mass is 9.77. The van der Waals surface area contributed by atoms with E-state index in [-0.39, 0.29) is 23.2 Å². The minimum Gasteiger partial charge on any atom is -0.340 e. The van der Waals surface area contributed by atoms with Gasteiger partial charge in [0.25, 0.3) is 5.91 Å². The Morgan fingerprint density at radius 2 is 1.87 bits per heavy atom. The van der Waals surface area contributed by atoms with Crippen LogP contribution in [0.4, 0.5) is 23.7 Å². The fraction of sp³-hybridized carbons (Fsp3) is 0.679. The SMILES string of the molecule is CCC[C@@H]1C[C@H](N(C)C(C)C)CC[C@@H]1N1CC[C@H](NC(=O)c2cc(C(F)(F)F)ccc2NC(=O)NCC)C1=O. The van der Waals surface area contributed by atoms with Crippen molar-refractivity contribution in [3.63, 3.8) is 0 Å². The number of alkyl halides is 3. The number of benzene rings is 1. The zero-order valence-electron chi connectivity index (χ0n) is 23.5. The van der Waals surface area contributed by atoms with E-state index in [2.05, 4.69) is 48.7 Å². The smallest absolute Gasteiger partial charge is 0.340 e. The molecule has 1 saturated carbocycles. The van der Waals surface area contributed by atoms with Crippen LogP contribution in [-0.4, -0.2) is 71.9 Å². The Morgan fingerprint density at radius 1 is 1.15 bits per heavy atom. The number of anilines is 1. The number of amides is 4. The summed E-state index contributed by atoms with van der Waals surface area (Å²) in [5.74, 6) is -0.680. The van der Waals surface area contributed by atoms with Gasteiger partial charge >= 0.3 is 12.2 Å². The molecule has 4 amide bonds. The van der Waals surface area contributed by atoms with Crippen LogP contribution in [0.3, 0.4) is 0 Å². The average Bonchev–Trinajstić information content (AvgIpc) is 3.22. The molecule has 1 aliphatic heterocycles. The van der Waals surface area contributed by atoms with Crippen molar-refractivity contribution in [2.45, 2.75) is 96.6 Å². The van der Waals surface area contributed by atoms with Crippen LogP contribution in [0.1, 0.15) is 82.1 Å². The van der Waals surface area contributed by atoms with Gasteiger partial charge in [-0.25, -0.2) is 4.79 Å². The molecule has 0 spiro atoms. The van der Waals surface area contributed by atoms with E-state index < -0.39 is 29.7 Å². The highest BCUT2D eigenvalue weighted by atomic mass is 19.4. The van der Waals surface area contributed by atoms with Crippen LogP contribution >= 0.6 is 0 Å². The number of carbonyl (C=O) groups is 3. The molecule has 3 rings (SSSR count). The molecule has 4 atom stereocenters. The number of hydrogen-bond acceptors (Lipinski definition) is 4. The Bertz CT molecular complexity index is 1030. The maximum Gasteiger partial charge on any atom is 0.416 e. The summed E-state index contributed by atoms with van der Waals surface area (Å²) in [5.41, 5.74) is -1.42. The molecular weight excluding hydrogens is 511 g/mol. The van der Waals surface area contributed by atoms with Crippen molar-refractivity contribution in [3.8, 4) is 0 Å². The lowest BCUT2D eigenvalue weighted by Gasteiger charge is -2.44. The lowest BCUT2D eigenvalue weighted by Crippen LogP contribution is -2.51. The number of halogens is 3. The molecule has 218 valence electrons. The maximum atomic E-state index is 13.5. The molecular formula is C28H42F3N5O3. The maximum absolute atomic E-state index is 13.5. The number of carbonyl (C=O) groups excluding carboxylic acids is 3. The van der Waals surface area contributed by atoms with Gasteiger partial charge in [-0.1, -0.05) is 13.3 Å². The fourth-order valence-corrected chi connectivity index (χ4v) is 5.85. The van der Waals surface area contributed by atoms with E-state index in [1.54, 1.807) is 6.92 Å². The van der Waals surface area contributed by atoms with Crippen molar-refractivity contribution in [3.05, 3.63) is 29.3 Å². The van der Waals surface area contributed by atoms with Crippen LogP contribution in [0, 0.1) is 5.92 Å². The van der Waals surface area contributed by atoms with Crippen molar-refractivity contribution < 1.29 is 27.6 Å². The topological polar surface area (TPSA) is 93.8 Å². The molecule has 2 aliphatic rings. The first kappa shape index (κ1) is 30.7. The van der Waals surface area contributed by atoms with Crippen LogP contribution in [0.5, 0.6) is 0 Å². The van der Waals surface area contributed by atoms with Gasteiger partial charge in [-0.3, -0.25) is 9.59 Å². The molecule has 1 saturated heterocycles. The second-order valence-electron chi connectivity index (χ2n) is 10.9. The van der Waals surface area contributed by atoms with Crippen LogP contribution in [-0.2, 0) is 11.0 Å². The van der Waals surface area contributed by atoms with Gasteiger partial charge in [-0.2, -0.15) is 13.2 Å². The molecule has 0 bridgehead atoms. The molecule has 11 heteroatoms. The first-order valence-electron chi connectivity index (χ1n) is 14.0. The van der Waals surface area contributed by atoms with E-state index in [0.717, 1.165) is 44.2 Å². The second kappa shape index (κ2) is 13.0. The third-order valence-electron chi connectivity index (χ3n) is 8.09. The molecule has 39 heavy (non-hydrogen) atoms. The lowest BCUT2D eigenvalue weighted by molar-refractivity contribution is -0.137. The number of urea groups is 1. The van der Waals surface area contributed by atoms with Gasteiger partial charge in [0.2, 0.25) is 5.91 Å². The van der Waals surface area contributed by atoms with Gasteiger partial charge in [-0.15, -0.1) is 0 Å². The molecule has 1 aliphatic carbocycles. The number of likely N-dealkylation sites (tertiary alicyclic amines) is 1. The molecule has 0 radical (unpaired) electrons. The number of nitrogens with zero attached hydrogens (tertiary/aromatic N) is 2. The summed E-state index contributed by atoms with van der Waals surface area (Å²) in [7, 11) is 2.15. The summed E-state index contributed by atoms with van der Waals surface area (Å²) < 4.78 is 40.2. The van der Waals surface area contributed by atoms with Gasteiger partial charge in [0.1, 0.15) is 6.04 Å². The normalized spacial score (nSPS) is 23.8. The van der Waals surface area contributed by atoms with Crippen molar-refractivity contribution >= 4 is 23.5 Å². The number of hydrogen-bond donors (Lipinski definition) is 3. The summed E-state index contributed by atoms with van der Waals surface area (Å²) in [6, 6.07) is 2.07. The molecule has 1 heterocycles. The monoisotopic (exact) mass is 553 g/mol. The van der Waals surface area contributed by atoms with E-state index in [4.69, 9.17) is 0 Å². The van der Waals surface area contributed by atoms with Gasteiger partial charge in [0.15, 0.2) is 0 Å². The quantitative estimate of drug-likeness (QED) is 0.407. The predicted octanol–water partition coefficient (Wildman–Crippen LogP) is 4.86. The molecule has 2 fully saturated rings. The number of nitrogens with one attached hydrogen (secondary N) is 3. The summed E-state index contributed by atoms with van der Waals surface area (Å²) in [6.45, 7) is 8.99. The van der Waals surface area contributed by atoms with E-state index in [1.807, 2.05) is 4.90 Å². The van der Waals surface area contributed by atoms with E-state index in [9.17, 15) is 27.6 Å². The Morgan fingerprint density at radius 3 is 2.49 bits per heavy atom. The first-order chi connectivity index (χ1) is 18.4. The van der Waals surface area contributed by atoms with Gasteiger partial charge < -0.3 is 25.8 Å². The number of rotatable bonds is 9. The molecule has 0 aromatic heterocycles. The summed E-state index contributed by atoms with van der Waals surface area (Å²) in [4.78, 5) is 43.0. The summed E-state index contributed by atoms with van der Waals surface area (Å²) in [6.07, 6.45) is 0.605. The Kier molecular flexibility index (Phi) is 10.3. The molecule has 0 unspecified atom stereocenters. The average molecular weight is 554 g/mol. The molecule has 1 aromatic rings. The zero-order chi connectivity index (χ0) is 28.9. The predicted molar refractivity (Wildman–Crippen MR) is 144 cm³/mol. The highest BCUT2D eigenvalue weighted by Gasteiger charge is 2.43. The largest absolute Gasteiger partial charge is 0.416 e. The van der Waals surface area contributed by atoms with Crippen molar-refractivity contribution in [2.24, 2.45) is 5.92 Å². The van der Waals surface area contributed by atoms with E-state index in [0.29, 0.717) is 43.6 Å². The summed E-state index contributed by atoms with van der Waals surface area (Å²) >= 11 is 0. The minimum absolute atomic E-state index is 0.0654.